The molecule has 1 aliphatic rings. The number of nitrogens with two attached hydrogens (primary N) is 1. The van der Waals surface area contributed by atoms with E-state index in [4.69, 9.17) is 5.73 Å². The van der Waals surface area contributed by atoms with Crippen molar-refractivity contribution < 1.29 is 0 Å². The SMILES string of the molecule is NC1CCCN(c2nnns2)C1. The van der Waals surface area contributed by atoms with Crippen LogP contribution in [0.4, 0.5) is 5.13 Å². The van der Waals surface area contributed by atoms with Crippen molar-refractivity contribution in [2.24, 2.45) is 5.73 Å². The molecule has 0 bridgehead atoms. The Morgan fingerprint density at radius 2 is 2.50 bits per heavy atom. The molecule has 2 rings (SSSR count). The molecule has 2 N–H and O–H groups in total. The molecule has 0 aromatic carbocycles. The van der Waals surface area contributed by atoms with E-state index in [2.05, 4.69) is 19.7 Å². The van der Waals surface area contributed by atoms with E-state index in [1.54, 1.807) is 0 Å². The van der Waals surface area contributed by atoms with E-state index in [1.807, 2.05) is 0 Å². The molecular weight excluding hydrogens is 174 g/mol. The lowest BCUT2D eigenvalue weighted by atomic mass is 10.1. The van der Waals surface area contributed by atoms with E-state index < -0.39 is 0 Å². The number of hydrogen-bond donors (Lipinski definition) is 1. The molecule has 0 spiro atoms. The van der Waals surface area contributed by atoms with Crippen LogP contribution in [-0.2, 0) is 0 Å². The second-order valence-electron chi connectivity index (χ2n) is 2.99. The summed E-state index contributed by atoms with van der Waals surface area (Å²) in [5, 5.41) is 8.35. The summed E-state index contributed by atoms with van der Waals surface area (Å²) in [6.07, 6.45) is 2.25. The maximum atomic E-state index is 5.83. The van der Waals surface area contributed by atoms with Crippen molar-refractivity contribution in [2.45, 2.75) is 18.9 Å². The molecule has 0 radical (unpaired) electrons. The van der Waals surface area contributed by atoms with Crippen molar-refractivity contribution in [3.8, 4) is 0 Å². The van der Waals surface area contributed by atoms with Crippen LogP contribution in [0, 0.1) is 0 Å². The highest BCUT2D eigenvalue weighted by molar-refractivity contribution is 7.09. The minimum atomic E-state index is 0.280. The van der Waals surface area contributed by atoms with Crippen LogP contribution in [-0.4, -0.2) is 33.9 Å². The molecule has 5 nitrogen and oxygen atoms in total. The fourth-order valence-electron chi connectivity index (χ4n) is 1.43. The van der Waals surface area contributed by atoms with Gasteiger partial charge in [0.15, 0.2) is 0 Å². The van der Waals surface area contributed by atoms with Crippen molar-refractivity contribution in [1.29, 1.82) is 0 Å². The zero-order chi connectivity index (χ0) is 8.39. The molecule has 1 fully saturated rings. The van der Waals surface area contributed by atoms with Crippen LogP contribution in [0.1, 0.15) is 12.8 Å². The number of piperidine rings is 1. The molecule has 1 atom stereocenters. The summed E-state index contributed by atoms with van der Waals surface area (Å²) in [5.41, 5.74) is 5.83. The fraction of sp³-hybridized carbons (Fsp3) is 0.833. The molecule has 0 aliphatic carbocycles. The first kappa shape index (κ1) is 7.88. The number of aromatic nitrogens is 3. The fourth-order valence-corrected chi connectivity index (χ4v) is 1.93. The van der Waals surface area contributed by atoms with Gasteiger partial charge in [0.25, 0.3) is 0 Å². The molecule has 0 amide bonds. The van der Waals surface area contributed by atoms with Crippen LogP contribution < -0.4 is 10.6 Å². The normalized spacial score (nSPS) is 24.4. The van der Waals surface area contributed by atoms with Gasteiger partial charge in [-0.1, -0.05) is 9.59 Å². The van der Waals surface area contributed by atoms with E-state index in [0.717, 1.165) is 31.1 Å². The number of hydrogen-bond acceptors (Lipinski definition) is 6. The van der Waals surface area contributed by atoms with E-state index >= 15 is 0 Å². The van der Waals surface area contributed by atoms with E-state index in [1.165, 1.54) is 11.5 Å². The van der Waals surface area contributed by atoms with Crippen LogP contribution in [0.15, 0.2) is 0 Å². The summed E-state index contributed by atoms with van der Waals surface area (Å²) in [6.45, 7) is 1.92. The van der Waals surface area contributed by atoms with Gasteiger partial charge in [-0.15, -0.1) is 0 Å². The van der Waals surface area contributed by atoms with Crippen LogP contribution in [0.25, 0.3) is 0 Å². The Morgan fingerprint density at radius 3 is 3.17 bits per heavy atom. The third-order valence-electron chi connectivity index (χ3n) is 2.02. The predicted molar refractivity (Wildman–Crippen MR) is 47.1 cm³/mol. The van der Waals surface area contributed by atoms with Gasteiger partial charge in [-0.05, 0) is 18.1 Å². The lowest BCUT2D eigenvalue weighted by Crippen LogP contribution is -2.42. The minimum Gasteiger partial charge on any atom is -0.344 e. The van der Waals surface area contributed by atoms with Gasteiger partial charge in [0.1, 0.15) is 0 Å². The lowest BCUT2D eigenvalue weighted by molar-refractivity contribution is 0.504. The Morgan fingerprint density at radius 1 is 1.58 bits per heavy atom. The molecule has 1 aliphatic heterocycles. The molecule has 1 unspecified atom stereocenters. The molecule has 66 valence electrons. The summed E-state index contributed by atoms with van der Waals surface area (Å²) in [7, 11) is 0. The Balaban J connectivity index is 2.04. The highest BCUT2D eigenvalue weighted by Gasteiger charge is 2.18. The molecule has 1 saturated heterocycles. The molecule has 1 aromatic rings. The van der Waals surface area contributed by atoms with Gasteiger partial charge in [-0.2, -0.15) is 0 Å². The second kappa shape index (κ2) is 3.32. The van der Waals surface area contributed by atoms with E-state index in [0.29, 0.717) is 0 Å². The molecule has 2 heterocycles. The maximum absolute atomic E-state index is 5.83. The van der Waals surface area contributed by atoms with E-state index in [-0.39, 0.29) is 6.04 Å². The third kappa shape index (κ3) is 1.54. The summed E-state index contributed by atoms with van der Waals surface area (Å²) in [5.74, 6) is 0. The number of rotatable bonds is 1. The Hall–Kier alpha value is -0.750. The summed E-state index contributed by atoms with van der Waals surface area (Å²) >= 11 is 1.33. The van der Waals surface area contributed by atoms with Crippen molar-refractivity contribution in [1.82, 2.24) is 14.8 Å². The van der Waals surface area contributed by atoms with Gasteiger partial charge >= 0.3 is 0 Å². The predicted octanol–water partition coefficient (Wildman–Crippen LogP) is -0.139. The number of anilines is 1. The van der Waals surface area contributed by atoms with Gasteiger partial charge in [0.2, 0.25) is 5.13 Å². The summed E-state index contributed by atoms with van der Waals surface area (Å²) in [6, 6.07) is 0.280. The monoisotopic (exact) mass is 185 g/mol. The van der Waals surface area contributed by atoms with Gasteiger partial charge in [0, 0.05) is 30.7 Å². The lowest BCUT2D eigenvalue weighted by Gasteiger charge is -2.29. The first-order chi connectivity index (χ1) is 5.86. The maximum Gasteiger partial charge on any atom is 0.227 e. The third-order valence-corrected chi connectivity index (χ3v) is 2.68. The van der Waals surface area contributed by atoms with Crippen LogP contribution in [0.2, 0.25) is 0 Å². The summed E-state index contributed by atoms with van der Waals surface area (Å²) < 4.78 is 3.72. The molecule has 0 saturated carbocycles. The van der Waals surface area contributed by atoms with Crippen molar-refractivity contribution in [2.75, 3.05) is 18.0 Å². The minimum absolute atomic E-state index is 0.280. The van der Waals surface area contributed by atoms with Gasteiger partial charge < -0.3 is 10.6 Å². The van der Waals surface area contributed by atoms with Crippen molar-refractivity contribution in [3.05, 3.63) is 0 Å². The quantitative estimate of drug-likeness (QED) is 0.659. The van der Waals surface area contributed by atoms with Crippen molar-refractivity contribution >= 4 is 16.7 Å². The first-order valence-corrected chi connectivity index (χ1v) is 4.79. The highest BCUT2D eigenvalue weighted by Crippen LogP contribution is 2.18. The smallest absolute Gasteiger partial charge is 0.227 e. The zero-order valence-corrected chi connectivity index (χ0v) is 7.50. The Labute approximate surface area is 74.7 Å². The van der Waals surface area contributed by atoms with Gasteiger partial charge in [0.05, 0.1) is 0 Å². The highest BCUT2D eigenvalue weighted by atomic mass is 32.1. The number of nitrogens with zero attached hydrogens (tertiary/aromatic N) is 4. The standard InChI is InChI=1S/C6H11N5S/c7-5-2-1-3-11(4-5)6-8-9-10-12-6/h5H,1-4,7H2. The molecule has 1 aromatic heterocycles. The van der Waals surface area contributed by atoms with Gasteiger partial charge in [-0.25, -0.2) is 0 Å². The van der Waals surface area contributed by atoms with Crippen LogP contribution in [0.5, 0.6) is 0 Å². The Bertz CT molecular complexity index is 236. The largest absolute Gasteiger partial charge is 0.344 e. The average molecular weight is 185 g/mol. The first-order valence-electron chi connectivity index (χ1n) is 4.02. The van der Waals surface area contributed by atoms with Crippen LogP contribution >= 0.6 is 11.5 Å². The zero-order valence-electron chi connectivity index (χ0n) is 6.68. The second-order valence-corrected chi connectivity index (χ2v) is 3.70. The Kier molecular flexibility index (Phi) is 2.18. The average Bonchev–Trinajstić information content (AvgIpc) is 2.56. The van der Waals surface area contributed by atoms with Crippen molar-refractivity contribution in [3.63, 3.8) is 0 Å². The molecule has 12 heavy (non-hydrogen) atoms. The topological polar surface area (TPSA) is 67.9 Å². The molecule has 6 heteroatoms. The van der Waals surface area contributed by atoms with Crippen LogP contribution in [0.3, 0.4) is 0 Å². The van der Waals surface area contributed by atoms with E-state index in [9.17, 15) is 0 Å². The summed E-state index contributed by atoms with van der Waals surface area (Å²) in [4.78, 5) is 2.15. The molecular formula is C6H11N5S. The van der Waals surface area contributed by atoms with Gasteiger partial charge in [-0.3, -0.25) is 0 Å².